The molecule has 2 heterocycles. The zero-order chi connectivity index (χ0) is 10.3. The number of hydrogen-bond acceptors (Lipinski definition) is 5. The van der Waals surface area contributed by atoms with Crippen molar-refractivity contribution >= 4 is 11.5 Å². The highest BCUT2D eigenvalue weighted by atomic mass is 32.1. The Kier molecular flexibility index (Phi) is 3.76. The van der Waals surface area contributed by atoms with E-state index in [4.69, 9.17) is 0 Å². The fourth-order valence-corrected chi connectivity index (χ4v) is 1.71. The van der Waals surface area contributed by atoms with Crippen LogP contribution in [0.4, 0.5) is 0 Å². The van der Waals surface area contributed by atoms with E-state index in [1.54, 1.807) is 0 Å². The minimum atomic E-state index is 0.793. The second-order valence-corrected chi connectivity index (χ2v) is 3.79. The van der Waals surface area contributed by atoms with E-state index in [-0.39, 0.29) is 0 Å². The Morgan fingerprint density at radius 2 is 2.13 bits per heavy atom. The Hall–Kier alpha value is -1.33. The van der Waals surface area contributed by atoms with E-state index in [1.807, 2.05) is 29.9 Å². The van der Waals surface area contributed by atoms with Crippen molar-refractivity contribution in [1.29, 1.82) is 0 Å². The molecular formula is C10H12N4S. The highest BCUT2D eigenvalue weighted by Gasteiger charge is 1.95. The van der Waals surface area contributed by atoms with Crippen molar-refractivity contribution in [1.82, 2.24) is 19.9 Å². The van der Waals surface area contributed by atoms with Gasteiger partial charge in [-0.05, 0) is 42.2 Å². The lowest BCUT2D eigenvalue weighted by Crippen LogP contribution is -2.16. The normalized spacial score (nSPS) is 10.4. The van der Waals surface area contributed by atoms with E-state index in [0.29, 0.717) is 0 Å². The fraction of sp³-hybridized carbons (Fsp3) is 0.300. The van der Waals surface area contributed by atoms with Gasteiger partial charge in [-0.15, -0.1) is 5.10 Å². The van der Waals surface area contributed by atoms with Crippen molar-refractivity contribution in [2.45, 2.75) is 13.0 Å². The van der Waals surface area contributed by atoms with Gasteiger partial charge in [0.15, 0.2) is 0 Å². The molecule has 1 N–H and O–H groups in total. The Balaban J connectivity index is 1.68. The topological polar surface area (TPSA) is 50.7 Å². The number of rotatable bonds is 5. The van der Waals surface area contributed by atoms with Crippen molar-refractivity contribution in [2.75, 3.05) is 6.54 Å². The van der Waals surface area contributed by atoms with Crippen molar-refractivity contribution in [3.05, 3.63) is 41.2 Å². The molecule has 4 nitrogen and oxygen atoms in total. The third kappa shape index (κ3) is 3.38. The first-order valence-electron chi connectivity index (χ1n) is 4.81. The Morgan fingerprint density at radius 1 is 1.27 bits per heavy atom. The molecule has 0 amide bonds. The van der Waals surface area contributed by atoms with E-state index >= 15 is 0 Å². The molecule has 0 aliphatic rings. The van der Waals surface area contributed by atoms with Crippen LogP contribution in [0.3, 0.4) is 0 Å². The fourth-order valence-electron chi connectivity index (χ4n) is 1.26. The lowest BCUT2D eigenvalue weighted by atomic mass is 10.2. The molecule has 0 unspecified atom stereocenters. The van der Waals surface area contributed by atoms with Crippen molar-refractivity contribution in [3.63, 3.8) is 0 Å². The maximum atomic E-state index is 3.98. The predicted octanol–water partition coefficient (Wildman–Crippen LogP) is 1.27. The van der Waals surface area contributed by atoms with Gasteiger partial charge in [0.05, 0.1) is 5.69 Å². The molecule has 0 radical (unpaired) electrons. The zero-order valence-electron chi connectivity index (χ0n) is 8.26. The summed E-state index contributed by atoms with van der Waals surface area (Å²) >= 11 is 1.38. The number of nitrogens with zero attached hydrogens (tertiary/aromatic N) is 3. The minimum absolute atomic E-state index is 0.793. The largest absolute Gasteiger partial charge is 0.311 e. The second kappa shape index (κ2) is 5.53. The zero-order valence-corrected chi connectivity index (χ0v) is 9.07. The first kappa shape index (κ1) is 10.2. The summed E-state index contributed by atoms with van der Waals surface area (Å²) in [6, 6.07) is 4.07. The quantitative estimate of drug-likeness (QED) is 0.771. The van der Waals surface area contributed by atoms with E-state index in [9.17, 15) is 0 Å². The van der Waals surface area contributed by atoms with Crippen LogP contribution >= 0.6 is 11.5 Å². The highest BCUT2D eigenvalue weighted by molar-refractivity contribution is 7.03. The van der Waals surface area contributed by atoms with Gasteiger partial charge in [0.1, 0.15) is 0 Å². The molecule has 0 aliphatic heterocycles. The monoisotopic (exact) mass is 220 g/mol. The number of aromatic nitrogens is 3. The third-order valence-electron chi connectivity index (χ3n) is 2.05. The van der Waals surface area contributed by atoms with Crippen LogP contribution in [0.25, 0.3) is 0 Å². The van der Waals surface area contributed by atoms with Crippen LogP contribution in [0.15, 0.2) is 29.9 Å². The van der Waals surface area contributed by atoms with Crippen LogP contribution in [0.5, 0.6) is 0 Å². The van der Waals surface area contributed by atoms with Gasteiger partial charge in [0.2, 0.25) is 0 Å². The lowest BCUT2D eigenvalue weighted by Gasteiger charge is -2.01. The molecule has 2 rings (SSSR count). The Morgan fingerprint density at radius 3 is 2.87 bits per heavy atom. The molecule has 0 bridgehead atoms. The van der Waals surface area contributed by atoms with Gasteiger partial charge in [-0.25, -0.2) is 0 Å². The van der Waals surface area contributed by atoms with Gasteiger partial charge in [-0.2, -0.15) is 0 Å². The standard InChI is InChI=1S/C10H12N4S/c1-4-11-5-2-9(1)3-6-12-7-10-8-15-14-13-10/h1-2,4-5,8,12H,3,6-7H2. The van der Waals surface area contributed by atoms with Gasteiger partial charge in [0, 0.05) is 24.3 Å². The van der Waals surface area contributed by atoms with Crippen molar-refractivity contribution in [2.24, 2.45) is 0 Å². The first-order valence-corrected chi connectivity index (χ1v) is 5.64. The van der Waals surface area contributed by atoms with Gasteiger partial charge >= 0.3 is 0 Å². The summed E-state index contributed by atoms with van der Waals surface area (Å²) in [5.74, 6) is 0. The molecule has 78 valence electrons. The molecule has 0 saturated heterocycles. The maximum Gasteiger partial charge on any atom is 0.0893 e. The summed E-state index contributed by atoms with van der Waals surface area (Å²) in [6.45, 7) is 1.74. The average molecular weight is 220 g/mol. The molecule has 15 heavy (non-hydrogen) atoms. The van der Waals surface area contributed by atoms with Crippen LogP contribution in [0, 0.1) is 0 Å². The smallest absolute Gasteiger partial charge is 0.0893 e. The minimum Gasteiger partial charge on any atom is -0.311 e. The van der Waals surface area contributed by atoms with Crippen LogP contribution < -0.4 is 5.32 Å². The lowest BCUT2D eigenvalue weighted by molar-refractivity contribution is 0.672. The molecule has 0 atom stereocenters. The van der Waals surface area contributed by atoms with Crippen LogP contribution in [-0.2, 0) is 13.0 Å². The molecule has 0 aromatic carbocycles. The van der Waals surface area contributed by atoms with E-state index < -0.39 is 0 Å². The van der Waals surface area contributed by atoms with Gasteiger partial charge in [-0.3, -0.25) is 4.98 Å². The van der Waals surface area contributed by atoms with E-state index in [2.05, 4.69) is 19.9 Å². The SMILES string of the molecule is c1cc(CCNCc2csnn2)ccn1. The first-order chi connectivity index (χ1) is 7.45. The summed E-state index contributed by atoms with van der Waals surface area (Å²) < 4.78 is 3.80. The number of nitrogens with one attached hydrogen (secondary N) is 1. The molecule has 0 aliphatic carbocycles. The average Bonchev–Trinajstić information content (AvgIpc) is 2.79. The maximum absolute atomic E-state index is 3.98. The second-order valence-electron chi connectivity index (χ2n) is 3.18. The van der Waals surface area contributed by atoms with Gasteiger partial charge in [0.25, 0.3) is 0 Å². The van der Waals surface area contributed by atoms with Crippen LogP contribution in [-0.4, -0.2) is 21.1 Å². The van der Waals surface area contributed by atoms with Crippen molar-refractivity contribution < 1.29 is 0 Å². The van der Waals surface area contributed by atoms with Gasteiger partial charge < -0.3 is 5.32 Å². The summed E-state index contributed by atoms with van der Waals surface area (Å²) in [4.78, 5) is 3.98. The summed E-state index contributed by atoms with van der Waals surface area (Å²) in [5, 5.41) is 9.23. The Bertz CT molecular complexity index is 374. The van der Waals surface area contributed by atoms with Gasteiger partial charge in [-0.1, -0.05) is 4.49 Å². The molecular weight excluding hydrogens is 208 g/mol. The summed E-state index contributed by atoms with van der Waals surface area (Å²) in [6.07, 6.45) is 4.65. The molecule has 0 saturated carbocycles. The predicted molar refractivity (Wildman–Crippen MR) is 59.6 cm³/mol. The van der Waals surface area contributed by atoms with Crippen LogP contribution in [0.1, 0.15) is 11.3 Å². The summed E-state index contributed by atoms with van der Waals surface area (Å²) in [5.41, 5.74) is 2.31. The van der Waals surface area contributed by atoms with Crippen LogP contribution in [0.2, 0.25) is 0 Å². The van der Waals surface area contributed by atoms with Crippen molar-refractivity contribution in [3.8, 4) is 0 Å². The number of pyridine rings is 1. The third-order valence-corrected chi connectivity index (χ3v) is 2.60. The summed E-state index contributed by atoms with van der Waals surface area (Å²) in [7, 11) is 0. The highest BCUT2D eigenvalue weighted by Crippen LogP contribution is 1.98. The van der Waals surface area contributed by atoms with E-state index in [1.165, 1.54) is 17.1 Å². The molecule has 2 aromatic rings. The van der Waals surface area contributed by atoms with E-state index in [0.717, 1.165) is 25.2 Å². The molecule has 2 aromatic heterocycles. The molecule has 0 spiro atoms. The number of hydrogen-bond donors (Lipinski definition) is 1. The molecule has 0 fully saturated rings. The Labute approximate surface area is 92.5 Å². The molecule has 5 heteroatoms.